The molecule has 0 spiro atoms. The summed E-state index contributed by atoms with van der Waals surface area (Å²) in [5.41, 5.74) is 1.35. The fraction of sp³-hybridized carbons (Fsp3) is 0.212. The largest absolute Gasteiger partial charge is 0.493 e. The SMILES string of the molecule is COc1cc2nccc(Oc3ccc(CC(=O)c4nn(C(C)C)c(C)c(-c5ccc(F)cc5)c4=O)cc3F)c2cc1OC. The molecule has 0 saturated carbocycles. The van der Waals surface area contributed by atoms with Gasteiger partial charge < -0.3 is 14.2 Å². The van der Waals surface area contributed by atoms with E-state index in [4.69, 9.17) is 14.2 Å². The monoisotopic (exact) mass is 585 g/mol. The van der Waals surface area contributed by atoms with Gasteiger partial charge in [0.15, 0.2) is 34.5 Å². The summed E-state index contributed by atoms with van der Waals surface area (Å²) in [5.74, 6) is -0.467. The lowest BCUT2D eigenvalue weighted by molar-refractivity contribution is 0.0984. The highest BCUT2D eigenvalue weighted by atomic mass is 19.1. The van der Waals surface area contributed by atoms with Crippen LogP contribution in [0.25, 0.3) is 22.0 Å². The first-order valence-corrected chi connectivity index (χ1v) is 13.5. The third-order valence-corrected chi connectivity index (χ3v) is 7.03. The van der Waals surface area contributed by atoms with Crippen molar-refractivity contribution in [1.29, 1.82) is 0 Å². The Hall–Kier alpha value is -5.12. The molecule has 0 N–H and O–H groups in total. The summed E-state index contributed by atoms with van der Waals surface area (Å²) < 4.78 is 47.0. The Kier molecular flexibility index (Phi) is 8.20. The quantitative estimate of drug-likeness (QED) is 0.175. The molecule has 0 aliphatic carbocycles. The molecular weight excluding hydrogens is 556 g/mol. The third-order valence-electron chi connectivity index (χ3n) is 7.03. The number of benzene rings is 3. The van der Waals surface area contributed by atoms with E-state index < -0.39 is 22.8 Å². The predicted molar refractivity (Wildman–Crippen MR) is 158 cm³/mol. The molecule has 0 atom stereocenters. The number of carbonyl (C=O) groups is 1. The first-order chi connectivity index (χ1) is 20.6. The molecule has 0 aliphatic heterocycles. The van der Waals surface area contributed by atoms with Crippen molar-refractivity contribution in [3.05, 3.63) is 106 Å². The number of pyridine rings is 1. The fourth-order valence-electron chi connectivity index (χ4n) is 4.93. The number of fused-ring (bicyclic) bond motifs is 1. The maximum atomic E-state index is 15.3. The minimum Gasteiger partial charge on any atom is -0.493 e. The maximum Gasteiger partial charge on any atom is 0.219 e. The molecule has 220 valence electrons. The van der Waals surface area contributed by atoms with Gasteiger partial charge in [-0.3, -0.25) is 19.3 Å². The molecule has 5 aromatic rings. The number of ether oxygens (including phenoxy) is 3. The Morgan fingerprint density at radius 3 is 2.26 bits per heavy atom. The summed E-state index contributed by atoms with van der Waals surface area (Å²) >= 11 is 0. The molecule has 0 unspecified atom stereocenters. The van der Waals surface area contributed by atoms with Crippen molar-refractivity contribution in [2.45, 2.75) is 33.2 Å². The van der Waals surface area contributed by atoms with Gasteiger partial charge in [-0.05, 0) is 68.3 Å². The van der Waals surface area contributed by atoms with E-state index in [9.17, 15) is 14.0 Å². The Balaban J connectivity index is 1.45. The van der Waals surface area contributed by atoms with Gasteiger partial charge in [0.2, 0.25) is 5.43 Å². The van der Waals surface area contributed by atoms with E-state index in [-0.39, 0.29) is 29.5 Å². The van der Waals surface area contributed by atoms with Crippen LogP contribution in [0.4, 0.5) is 8.78 Å². The van der Waals surface area contributed by atoms with Gasteiger partial charge in [0.25, 0.3) is 0 Å². The minimum atomic E-state index is -0.695. The van der Waals surface area contributed by atoms with Crippen molar-refractivity contribution in [1.82, 2.24) is 14.8 Å². The molecule has 0 saturated heterocycles. The first kappa shape index (κ1) is 29.4. The zero-order valence-corrected chi connectivity index (χ0v) is 24.3. The number of carbonyl (C=O) groups excluding carboxylic acids is 1. The molecule has 0 aliphatic rings. The second-order valence-corrected chi connectivity index (χ2v) is 10.2. The van der Waals surface area contributed by atoms with E-state index in [1.165, 1.54) is 56.8 Å². The number of nitrogens with zero attached hydrogens (tertiary/aromatic N) is 3. The van der Waals surface area contributed by atoms with Crippen molar-refractivity contribution in [3.8, 4) is 34.1 Å². The molecule has 0 bridgehead atoms. The number of hydrogen-bond donors (Lipinski definition) is 0. The highest BCUT2D eigenvalue weighted by molar-refractivity contribution is 5.96. The van der Waals surface area contributed by atoms with Crippen LogP contribution in [0.3, 0.4) is 0 Å². The normalized spacial score (nSPS) is 11.2. The van der Waals surface area contributed by atoms with Crippen LogP contribution in [-0.4, -0.2) is 34.8 Å². The molecule has 0 radical (unpaired) electrons. The number of Topliss-reactive ketones (excluding diaryl/α,β-unsaturated/α-hetero) is 1. The van der Waals surface area contributed by atoms with Crippen molar-refractivity contribution in [2.24, 2.45) is 0 Å². The average molecular weight is 586 g/mol. The van der Waals surface area contributed by atoms with Crippen molar-refractivity contribution in [2.75, 3.05) is 14.2 Å². The lowest BCUT2D eigenvalue weighted by atomic mass is 10.00. The van der Waals surface area contributed by atoms with Crippen molar-refractivity contribution in [3.63, 3.8) is 0 Å². The van der Waals surface area contributed by atoms with E-state index in [0.29, 0.717) is 45.0 Å². The standard InChI is InChI=1S/C33H29F2N3O5/c1-18(2)38-19(3)31(21-7-9-22(34)10-8-21)33(40)32(37-38)26(39)15-20-6-11-28(24(35)14-20)43-27-12-13-36-25-17-30(42-5)29(41-4)16-23(25)27/h6-14,16-18H,15H2,1-5H3. The molecular formula is C33H29F2N3O5. The van der Waals surface area contributed by atoms with Gasteiger partial charge in [-0.1, -0.05) is 18.2 Å². The minimum absolute atomic E-state index is 0.0623. The molecule has 8 nitrogen and oxygen atoms in total. The number of aromatic nitrogens is 3. The van der Waals surface area contributed by atoms with Crippen LogP contribution in [0.15, 0.2) is 71.7 Å². The van der Waals surface area contributed by atoms with Gasteiger partial charge in [0.05, 0.1) is 25.3 Å². The number of ketones is 1. The fourth-order valence-corrected chi connectivity index (χ4v) is 4.93. The first-order valence-electron chi connectivity index (χ1n) is 13.5. The Morgan fingerprint density at radius 2 is 1.60 bits per heavy atom. The second-order valence-electron chi connectivity index (χ2n) is 10.2. The number of methoxy groups -OCH3 is 2. The highest BCUT2D eigenvalue weighted by Gasteiger charge is 2.23. The molecule has 2 heterocycles. The van der Waals surface area contributed by atoms with Crippen LogP contribution >= 0.6 is 0 Å². The summed E-state index contributed by atoms with van der Waals surface area (Å²) in [6.07, 6.45) is 1.27. The summed E-state index contributed by atoms with van der Waals surface area (Å²) in [6, 6.07) is 14.5. The molecule has 5 rings (SSSR count). The van der Waals surface area contributed by atoms with Gasteiger partial charge in [0.1, 0.15) is 11.6 Å². The molecule has 10 heteroatoms. The van der Waals surface area contributed by atoms with Crippen molar-refractivity contribution < 1.29 is 27.8 Å². The van der Waals surface area contributed by atoms with Gasteiger partial charge >= 0.3 is 0 Å². The zero-order chi connectivity index (χ0) is 30.8. The van der Waals surface area contributed by atoms with Crippen LogP contribution in [-0.2, 0) is 6.42 Å². The molecule has 0 fully saturated rings. The highest BCUT2D eigenvalue weighted by Crippen LogP contribution is 2.37. The van der Waals surface area contributed by atoms with E-state index in [0.717, 1.165) is 0 Å². The summed E-state index contributed by atoms with van der Waals surface area (Å²) in [6.45, 7) is 5.48. The van der Waals surface area contributed by atoms with Crippen LogP contribution in [0, 0.1) is 18.6 Å². The zero-order valence-electron chi connectivity index (χ0n) is 24.3. The molecule has 43 heavy (non-hydrogen) atoms. The Morgan fingerprint density at radius 1 is 0.907 bits per heavy atom. The lowest BCUT2D eigenvalue weighted by Gasteiger charge is -2.18. The van der Waals surface area contributed by atoms with Crippen LogP contribution in [0.2, 0.25) is 0 Å². The molecule has 0 amide bonds. The van der Waals surface area contributed by atoms with E-state index >= 15 is 4.39 Å². The van der Waals surface area contributed by atoms with Crippen LogP contribution < -0.4 is 19.6 Å². The summed E-state index contributed by atoms with van der Waals surface area (Å²) in [5, 5.41) is 4.95. The summed E-state index contributed by atoms with van der Waals surface area (Å²) in [7, 11) is 3.03. The topological polar surface area (TPSA) is 92.5 Å². The molecule has 3 aromatic carbocycles. The number of hydrogen-bond acceptors (Lipinski definition) is 7. The second kappa shape index (κ2) is 12.0. The Labute approximate surface area is 246 Å². The molecule has 2 aromatic heterocycles. The maximum absolute atomic E-state index is 15.3. The van der Waals surface area contributed by atoms with E-state index in [1.54, 1.807) is 35.9 Å². The van der Waals surface area contributed by atoms with Crippen LogP contribution in [0.5, 0.6) is 23.0 Å². The predicted octanol–water partition coefficient (Wildman–Crippen LogP) is 6.86. The third kappa shape index (κ3) is 5.81. The van der Waals surface area contributed by atoms with Crippen LogP contribution in [0.1, 0.15) is 41.6 Å². The smallest absolute Gasteiger partial charge is 0.219 e. The van der Waals surface area contributed by atoms with E-state index in [1.807, 2.05) is 13.8 Å². The van der Waals surface area contributed by atoms with Gasteiger partial charge in [-0.15, -0.1) is 0 Å². The summed E-state index contributed by atoms with van der Waals surface area (Å²) in [4.78, 5) is 31.2. The van der Waals surface area contributed by atoms with E-state index in [2.05, 4.69) is 10.1 Å². The van der Waals surface area contributed by atoms with Gasteiger partial charge in [-0.25, -0.2) is 8.78 Å². The van der Waals surface area contributed by atoms with Crippen molar-refractivity contribution >= 4 is 16.7 Å². The van der Waals surface area contributed by atoms with Gasteiger partial charge in [-0.2, -0.15) is 5.10 Å². The Bertz CT molecular complexity index is 1900. The number of rotatable bonds is 9. The average Bonchev–Trinajstić information content (AvgIpc) is 2.98. The van der Waals surface area contributed by atoms with Gasteiger partial charge in [0, 0.05) is 35.8 Å². The lowest BCUT2D eigenvalue weighted by Crippen LogP contribution is -2.28. The number of halogens is 2.